The number of rotatable bonds is 2. The molecule has 2 heterocycles. The van der Waals surface area contributed by atoms with E-state index >= 15 is 0 Å². The van der Waals surface area contributed by atoms with Crippen LogP contribution in [0.5, 0.6) is 0 Å². The van der Waals surface area contributed by atoms with Gasteiger partial charge >= 0.3 is 6.03 Å². The molecule has 1 aliphatic carbocycles. The number of pyridine rings is 1. The Labute approximate surface area is 134 Å². The number of carbonyl (C=O) groups is 1. The first kappa shape index (κ1) is 14.2. The lowest BCUT2D eigenvalue weighted by molar-refractivity contribution is 0.243. The number of hydrogen-bond donors (Lipinski definition) is 1. The van der Waals surface area contributed by atoms with Gasteiger partial charge in [-0.2, -0.15) is 0 Å². The van der Waals surface area contributed by atoms with Crippen LogP contribution in [-0.4, -0.2) is 17.6 Å². The van der Waals surface area contributed by atoms with Gasteiger partial charge in [0, 0.05) is 18.2 Å². The zero-order chi connectivity index (χ0) is 16.0. The quantitative estimate of drug-likeness (QED) is 0.922. The van der Waals surface area contributed by atoms with E-state index in [1.165, 1.54) is 12.1 Å². The summed E-state index contributed by atoms with van der Waals surface area (Å²) in [7, 11) is 0. The zero-order valence-corrected chi connectivity index (χ0v) is 12.9. The molecule has 1 spiro atoms. The van der Waals surface area contributed by atoms with Gasteiger partial charge in [0.25, 0.3) is 0 Å². The molecule has 1 N–H and O–H groups in total. The number of carbonyl (C=O) groups excluding carboxylic acids is 1. The van der Waals surface area contributed by atoms with E-state index in [4.69, 9.17) is 0 Å². The van der Waals surface area contributed by atoms with E-state index in [1.807, 2.05) is 19.1 Å². The van der Waals surface area contributed by atoms with Crippen molar-refractivity contribution in [2.24, 2.45) is 0 Å². The minimum Gasteiger partial charge on any atom is -0.331 e. The Morgan fingerprint density at radius 2 is 2.04 bits per heavy atom. The Hall–Kier alpha value is -2.43. The molecule has 2 aromatic rings. The number of nitrogens with zero attached hydrogens (tertiary/aromatic N) is 2. The predicted molar refractivity (Wildman–Crippen MR) is 85.8 cm³/mol. The van der Waals surface area contributed by atoms with Crippen LogP contribution in [0.4, 0.5) is 14.9 Å². The van der Waals surface area contributed by atoms with Gasteiger partial charge in [0.2, 0.25) is 0 Å². The first-order valence-corrected chi connectivity index (χ1v) is 7.88. The smallest absolute Gasteiger partial charge is 0.322 e. The SMILES string of the molecule is CC(NC(=O)N1CC2(CC2)c2ncccc21)c1ccc(F)cc1. The number of nitrogens with one attached hydrogen (secondary N) is 1. The van der Waals surface area contributed by atoms with Crippen LogP contribution in [0.1, 0.15) is 37.1 Å². The number of anilines is 1. The van der Waals surface area contributed by atoms with Crippen LogP contribution in [0.3, 0.4) is 0 Å². The molecule has 0 saturated heterocycles. The van der Waals surface area contributed by atoms with E-state index in [-0.39, 0.29) is 23.3 Å². The van der Waals surface area contributed by atoms with Gasteiger partial charge in [-0.25, -0.2) is 9.18 Å². The van der Waals surface area contributed by atoms with E-state index < -0.39 is 0 Å². The van der Waals surface area contributed by atoms with Crippen LogP contribution < -0.4 is 10.2 Å². The van der Waals surface area contributed by atoms with Crippen LogP contribution in [-0.2, 0) is 5.41 Å². The Morgan fingerprint density at radius 3 is 2.74 bits per heavy atom. The summed E-state index contributed by atoms with van der Waals surface area (Å²) in [6, 6.07) is 9.73. The number of halogens is 1. The maximum atomic E-state index is 13.0. The van der Waals surface area contributed by atoms with E-state index in [2.05, 4.69) is 10.3 Å². The third kappa shape index (κ3) is 2.36. The van der Waals surface area contributed by atoms with Crippen LogP contribution in [0, 0.1) is 5.82 Å². The van der Waals surface area contributed by atoms with Crippen molar-refractivity contribution < 1.29 is 9.18 Å². The fourth-order valence-corrected chi connectivity index (χ4v) is 3.31. The van der Waals surface area contributed by atoms with Crippen molar-refractivity contribution in [1.82, 2.24) is 10.3 Å². The summed E-state index contributed by atoms with van der Waals surface area (Å²) in [6.45, 7) is 2.60. The molecule has 1 aliphatic heterocycles. The topological polar surface area (TPSA) is 45.2 Å². The average Bonchev–Trinajstić information content (AvgIpc) is 3.25. The van der Waals surface area contributed by atoms with Crippen LogP contribution >= 0.6 is 0 Å². The Morgan fingerprint density at radius 1 is 1.30 bits per heavy atom. The van der Waals surface area contributed by atoms with Gasteiger partial charge in [-0.1, -0.05) is 12.1 Å². The van der Waals surface area contributed by atoms with E-state index in [1.54, 1.807) is 23.2 Å². The minimum atomic E-state index is -0.275. The molecule has 23 heavy (non-hydrogen) atoms. The third-order valence-corrected chi connectivity index (χ3v) is 4.85. The van der Waals surface area contributed by atoms with E-state index in [0.29, 0.717) is 6.54 Å². The minimum absolute atomic E-state index is 0.0764. The molecule has 4 rings (SSSR count). The van der Waals surface area contributed by atoms with Crippen molar-refractivity contribution in [3.05, 3.63) is 59.7 Å². The molecule has 1 unspecified atom stereocenters. The summed E-state index contributed by atoms with van der Waals surface area (Å²) in [6.07, 6.45) is 3.98. The highest BCUT2D eigenvalue weighted by atomic mass is 19.1. The van der Waals surface area contributed by atoms with Crippen molar-refractivity contribution in [2.45, 2.75) is 31.2 Å². The largest absolute Gasteiger partial charge is 0.331 e. The molecule has 4 nitrogen and oxygen atoms in total. The molecule has 1 atom stereocenters. The summed E-state index contributed by atoms with van der Waals surface area (Å²) >= 11 is 0. The molecule has 1 saturated carbocycles. The van der Waals surface area contributed by atoms with Gasteiger partial charge in [-0.05, 0) is 49.6 Å². The second kappa shape index (κ2) is 5.05. The van der Waals surface area contributed by atoms with Crippen molar-refractivity contribution in [3.8, 4) is 0 Å². The van der Waals surface area contributed by atoms with Gasteiger partial charge in [-0.3, -0.25) is 9.88 Å². The molecule has 1 aromatic carbocycles. The summed E-state index contributed by atoms with van der Waals surface area (Å²) in [4.78, 5) is 19.0. The van der Waals surface area contributed by atoms with Gasteiger partial charge in [0.1, 0.15) is 5.82 Å². The van der Waals surface area contributed by atoms with Crippen molar-refractivity contribution in [3.63, 3.8) is 0 Å². The molecule has 2 aliphatic rings. The van der Waals surface area contributed by atoms with Gasteiger partial charge in [-0.15, -0.1) is 0 Å². The van der Waals surface area contributed by atoms with Crippen LogP contribution in [0.2, 0.25) is 0 Å². The Bertz CT molecular complexity index is 755. The Balaban J connectivity index is 1.53. The zero-order valence-electron chi connectivity index (χ0n) is 12.9. The summed E-state index contributed by atoms with van der Waals surface area (Å²) in [5.41, 5.74) is 2.91. The van der Waals surface area contributed by atoms with Crippen LogP contribution in [0.15, 0.2) is 42.6 Å². The highest BCUT2D eigenvalue weighted by Crippen LogP contribution is 2.55. The van der Waals surface area contributed by atoms with Gasteiger partial charge in [0.15, 0.2) is 0 Å². The van der Waals surface area contributed by atoms with Crippen molar-refractivity contribution in [2.75, 3.05) is 11.4 Å². The fourth-order valence-electron chi connectivity index (χ4n) is 3.31. The number of fused-ring (bicyclic) bond motifs is 2. The lowest BCUT2D eigenvalue weighted by Gasteiger charge is -2.22. The van der Waals surface area contributed by atoms with Gasteiger partial charge in [0.05, 0.1) is 17.4 Å². The van der Waals surface area contributed by atoms with Gasteiger partial charge < -0.3 is 5.32 Å². The first-order valence-electron chi connectivity index (χ1n) is 7.88. The molecule has 2 amide bonds. The Kier molecular flexibility index (Phi) is 3.11. The highest BCUT2D eigenvalue weighted by Gasteiger charge is 2.54. The molecule has 1 fully saturated rings. The van der Waals surface area contributed by atoms with Crippen LogP contribution in [0.25, 0.3) is 0 Å². The monoisotopic (exact) mass is 311 g/mol. The molecule has 1 aromatic heterocycles. The maximum absolute atomic E-state index is 13.0. The third-order valence-electron chi connectivity index (χ3n) is 4.85. The molecular weight excluding hydrogens is 293 g/mol. The number of aromatic nitrogens is 1. The fraction of sp³-hybridized carbons (Fsp3) is 0.333. The number of benzene rings is 1. The first-order chi connectivity index (χ1) is 11.1. The van der Waals surface area contributed by atoms with Crippen molar-refractivity contribution >= 4 is 11.7 Å². The molecule has 0 bridgehead atoms. The lowest BCUT2D eigenvalue weighted by Crippen LogP contribution is -2.41. The predicted octanol–water partition coefficient (Wildman–Crippen LogP) is 3.54. The highest BCUT2D eigenvalue weighted by molar-refractivity contribution is 5.95. The maximum Gasteiger partial charge on any atom is 0.322 e. The lowest BCUT2D eigenvalue weighted by atomic mass is 10.1. The number of amides is 2. The molecule has 118 valence electrons. The second-order valence-electron chi connectivity index (χ2n) is 6.46. The summed E-state index contributed by atoms with van der Waals surface area (Å²) in [5, 5.41) is 3.00. The summed E-state index contributed by atoms with van der Waals surface area (Å²) in [5.74, 6) is -0.275. The second-order valence-corrected chi connectivity index (χ2v) is 6.46. The van der Waals surface area contributed by atoms with Crippen molar-refractivity contribution in [1.29, 1.82) is 0 Å². The molecule has 5 heteroatoms. The normalized spacial score (nSPS) is 18.6. The summed E-state index contributed by atoms with van der Waals surface area (Å²) < 4.78 is 13.0. The van der Waals surface area contributed by atoms with E-state index in [9.17, 15) is 9.18 Å². The standard InChI is InChI=1S/C18H18FN3O/c1-12(13-4-6-14(19)7-5-13)21-17(23)22-11-18(8-9-18)16-15(22)3-2-10-20-16/h2-7,10,12H,8-9,11H2,1H3,(H,21,23). The van der Waals surface area contributed by atoms with E-state index in [0.717, 1.165) is 29.8 Å². The number of urea groups is 1. The average molecular weight is 311 g/mol. The molecular formula is C18H18FN3O. The molecule has 0 radical (unpaired) electrons. The number of hydrogen-bond acceptors (Lipinski definition) is 2.